The van der Waals surface area contributed by atoms with Crippen molar-refractivity contribution in [2.45, 2.75) is 13.0 Å². The standard InChI is InChI=1S/C10H11BrN4O3S/c1-6(15-19(12,16)17)10-13-9(14-18-10)7-2-4-8(11)5-3-7/h2-6,15H,1H3,(H2,12,16,17). The van der Waals surface area contributed by atoms with Crippen LogP contribution in [0.25, 0.3) is 11.4 Å². The molecule has 2 rings (SSSR count). The maximum atomic E-state index is 10.9. The first-order chi connectivity index (χ1) is 8.85. The third kappa shape index (κ3) is 3.83. The molecule has 102 valence electrons. The van der Waals surface area contributed by atoms with Gasteiger partial charge >= 0.3 is 0 Å². The summed E-state index contributed by atoms with van der Waals surface area (Å²) in [6, 6.07) is 6.63. The molecule has 19 heavy (non-hydrogen) atoms. The van der Waals surface area contributed by atoms with Crippen molar-refractivity contribution < 1.29 is 12.9 Å². The predicted molar refractivity (Wildman–Crippen MR) is 72.1 cm³/mol. The Balaban J connectivity index is 2.21. The van der Waals surface area contributed by atoms with Gasteiger partial charge in [-0.2, -0.15) is 18.1 Å². The average molecular weight is 347 g/mol. The molecule has 7 nitrogen and oxygen atoms in total. The number of rotatable bonds is 4. The number of halogens is 1. The number of nitrogens with one attached hydrogen (secondary N) is 1. The highest BCUT2D eigenvalue weighted by Crippen LogP contribution is 2.20. The Morgan fingerprint density at radius 2 is 2.00 bits per heavy atom. The summed E-state index contributed by atoms with van der Waals surface area (Å²) in [7, 11) is -3.82. The Bertz CT molecular complexity index is 668. The largest absolute Gasteiger partial charge is 0.337 e. The smallest absolute Gasteiger partial charge is 0.275 e. The Kier molecular flexibility index (Phi) is 3.99. The predicted octanol–water partition coefficient (Wildman–Crippen LogP) is 1.35. The lowest BCUT2D eigenvalue weighted by Crippen LogP contribution is -2.33. The summed E-state index contributed by atoms with van der Waals surface area (Å²) in [6.07, 6.45) is 0. The van der Waals surface area contributed by atoms with Gasteiger partial charge in [-0.3, -0.25) is 0 Å². The van der Waals surface area contributed by atoms with Crippen LogP contribution >= 0.6 is 15.9 Å². The summed E-state index contributed by atoms with van der Waals surface area (Å²) in [5.41, 5.74) is 0.765. The van der Waals surface area contributed by atoms with E-state index in [-0.39, 0.29) is 5.89 Å². The average Bonchev–Trinajstić information content (AvgIpc) is 2.77. The molecule has 2 aromatic rings. The van der Waals surface area contributed by atoms with E-state index in [9.17, 15) is 8.42 Å². The van der Waals surface area contributed by atoms with E-state index in [1.54, 1.807) is 6.92 Å². The van der Waals surface area contributed by atoms with E-state index in [4.69, 9.17) is 9.66 Å². The summed E-state index contributed by atoms with van der Waals surface area (Å²) in [4.78, 5) is 4.12. The maximum absolute atomic E-state index is 10.9. The van der Waals surface area contributed by atoms with Gasteiger partial charge in [0.05, 0.1) is 6.04 Å². The van der Waals surface area contributed by atoms with Crippen molar-refractivity contribution in [3.63, 3.8) is 0 Å². The summed E-state index contributed by atoms with van der Waals surface area (Å²) >= 11 is 3.32. The van der Waals surface area contributed by atoms with Crippen molar-refractivity contribution in [1.29, 1.82) is 0 Å². The van der Waals surface area contributed by atoms with E-state index in [0.717, 1.165) is 10.0 Å². The van der Waals surface area contributed by atoms with Crippen LogP contribution in [0.4, 0.5) is 0 Å². The fourth-order valence-corrected chi connectivity index (χ4v) is 2.28. The third-order valence-corrected chi connectivity index (χ3v) is 3.47. The number of aromatic nitrogens is 2. The molecule has 0 saturated heterocycles. The molecular formula is C10H11BrN4O3S. The molecule has 3 N–H and O–H groups in total. The first kappa shape index (κ1) is 14.1. The number of benzene rings is 1. The molecule has 9 heteroatoms. The minimum Gasteiger partial charge on any atom is -0.337 e. The maximum Gasteiger partial charge on any atom is 0.275 e. The number of nitrogens with zero attached hydrogens (tertiary/aromatic N) is 2. The van der Waals surface area contributed by atoms with E-state index in [0.29, 0.717) is 5.82 Å². The van der Waals surface area contributed by atoms with Gasteiger partial charge in [-0.1, -0.05) is 21.1 Å². The Morgan fingerprint density at radius 1 is 1.37 bits per heavy atom. The van der Waals surface area contributed by atoms with Gasteiger partial charge in [0.1, 0.15) is 0 Å². The van der Waals surface area contributed by atoms with Crippen molar-refractivity contribution in [3.05, 3.63) is 34.6 Å². The van der Waals surface area contributed by atoms with Crippen LogP contribution in [0.5, 0.6) is 0 Å². The lowest BCUT2D eigenvalue weighted by molar-refractivity contribution is 0.354. The molecule has 0 aliphatic rings. The molecule has 0 amide bonds. The zero-order valence-corrected chi connectivity index (χ0v) is 12.3. The van der Waals surface area contributed by atoms with E-state index >= 15 is 0 Å². The summed E-state index contributed by atoms with van der Waals surface area (Å²) in [5.74, 6) is 0.525. The molecule has 0 spiro atoms. The van der Waals surface area contributed by atoms with Crippen LogP contribution in [-0.4, -0.2) is 18.6 Å². The number of hydrogen-bond acceptors (Lipinski definition) is 5. The fourth-order valence-electron chi connectivity index (χ4n) is 1.42. The molecule has 0 radical (unpaired) electrons. The van der Waals surface area contributed by atoms with Crippen molar-refractivity contribution in [3.8, 4) is 11.4 Å². The topological polar surface area (TPSA) is 111 Å². The SMILES string of the molecule is CC(NS(N)(=O)=O)c1nc(-c2ccc(Br)cc2)no1. The zero-order valence-electron chi connectivity index (χ0n) is 9.87. The van der Waals surface area contributed by atoms with Gasteiger partial charge in [0, 0.05) is 10.0 Å². The van der Waals surface area contributed by atoms with Gasteiger partial charge in [-0.05, 0) is 31.2 Å². The second kappa shape index (κ2) is 5.37. The molecular weight excluding hydrogens is 336 g/mol. The fraction of sp³-hybridized carbons (Fsp3) is 0.200. The number of nitrogens with two attached hydrogens (primary N) is 1. The first-order valence-electron chi connectivity index (χ1n) is 5.25. The van der Waals surface area contributed by atoms with Crippen LogP contribution in [0, 0.1) is 0 Å². The van der Waals surface area contributed by atoms with Crippen LogP contribution < -0.4 is 9.86 Å². The molecule has 0 bridgehead atoms. The summed E-state index contributed by atoms with van der Waals surface area (Å²) in [6.45, 7) is 1.56. The van der Waals surface area contributed by atoms with Gasteiger partial charge in [-0.15, -0.1) is 0 Å². The van der Waals surface area contributed by atoms with Crippen LogP contribution in [0.2, 0.25) is 0 Å². The second-order valence-corrected chi connectivity index (χ2v) is 6.09. The van der Waals surface area contributed by atoms with E-state index in [1.165, 1.54) is 0 Å². The minimum atomic E-state index is -3.82. The van der Waals surface area contributed by atoms with Gasteiger partial charge in [0.25, 0.3) is 10.2 Å². The quantitative estimate of drug-likeness (QED) is 0.867. The monoisotopic (exact) mass is 346 g/mol. The van der Waals surface area contributed by atoms with Gasteiger partial charge in [0.15, 0.2) is 0 Å². The third-order valence-electron chi connectivity index (χ3n) is 2.26. The molecule has 1 heterocycles. The van der Waals surface area contributed by atoms with Crippen molar-refractivity contribution in [2.24, 2.45) is 5.14 Å². The number of hydrogen-bond donors (Lipinski definition) is 2. The molecule has 0 aliphatic heterocycles. The molecule has 0 aliphatic carbocycles. The Hall–Kier alpha value is -1.29. The van der Waals surface area contributed by atoms with Crippen LogP contribution in [0.3, 0.4) is 0 Å². The zero-order chi connectivity index (χ0) is 14.0. The highest BCUT2D eigenvalue weighted by molar-refractivity contribution is 9.10. The first-order valence-corrected chi connectivity index (χ1v) is 7.59. The second-order valence-electron chi connectivity index (χ2n) is 3.85. The van der Waals surface area contributed by atoms with Crippen molar-refractivity contribution in [2.75, 3.05) is 0 Å². The van der Waals surface area contributed by atoms with E-state index in [1.807, 2.05) is 24.3 Å². The van der Waals surface area contributed by atoms with Crippen LogP contribution in [0.15, 0.2) is 33.3 Å². The van der Waals surface area contributed by atoms with Crippen molar-refractivity contribution in [1.82, 2.24) is 14.9 Å². The Labute approximate surface area is 118 Å². The van der Waals surface area contributed by atoms with Gasteiger partial charge in [0.2, 0.25) is 11.7 Å². The van der Waals surface area contributed by atoms with Gasteiger partial charge in [-0.25, -0.2) is 5.14 Å². The van der Waals surface area contributed by atoms with E-state index in [2.05, 4.69) is 30.8 Å². The highest BCUT2D eigenvalue weighted by Gasteiger charge is 2.18. The lowest BCUT2D eigenvalue weighted by Gasteiger charge is -2.05. The molecule has 0 saturated carbocycles. The molecule has 1 atom stereocenters. The summed E-state index contributed by atoms with van der Waals surface area (Å²) in [5, 5.41) is 8.66. The molecule has 1 aromatic heterocycles. The van der Waals surface area contributed by atoms with Crippen molar-refractivity contribution >= 4 is 26.1 Å². The molecule has 0 fully saturated rings. The normalized spacial score (nSPS) is 13.4. The Morgan fingerprint density at radius 3 is 2.58 bits per heavy atom. The summed E-state index contributed by atoms with van der Waals surface area (Å²) < 4.78 is 29.9. The molecule has 1 unspecified atom stereocenters. The lowest BCUT2D eigenvalue weighted by atomic mass is 10.2. The minimum absolute atomic E-state index is 0.145. The highest BCUT2D eigenvalue weighted by atomic mass is 79.9. The van der Waals surface area contributed by atoms with E-state index < -0.39 is 16.3 Å². The van der Waals surface area contributed by atoms with Gasteiger partial charge < -0.3 is 4.52 Å². The van der Waals surface area contributed by atoms with Crippen LogP contribution in [0.1, 0.15) is 18.9 Å². The molecule has 1 aromatic carbocycles. The van der Waals surface area contributed by atoms with Crippen LogP contribution in [-0.2, 0) is 10.2 Å².